The first-order valence-electron chi connectivity index (χ1n) is 13.9. The van der Waals surface area contributed by atoms with E-state index in [1.54, 1.807) is 17.2 Å². The number of hydrogen-bond acceptors (Lipinski definition) is 9. The Morgan fingerprint density at radius 2 is 1.88 bits per heavy atom. The van der Waals surface area contributed by atoms with Gasteiger partial charge in [0.05, 0.1) is 17.4 Å². The zero-order valence-electron chi connectivity index (χ0n) is 22.7. The largest absolute Gasteiger partial charge is 0.366 e. The lowest BCUT2D eigenvalue weighted by atomic mass is 9.80. The van der Waals surface area contributed by atoms with E-state index in [-0.39, 0.29) is 5.41 Å². The van der Waals surface area contributed by atoms with Crippen molar-refractivity contribution >= 4 is 28.5 Å². The predicted molar refractivity (Wildman–Crippen MR) is 156 cm³/mol. The Bertz CT molecular complexity index is 1660. The van der Waals surface area contributed by atoms with Gasteiger partial charge in [-0.1, -0.05) is 32.0 Å². The number of rotatable bonds is 7. The average Bonchev–Trinajstić information content (AvgIpc) is 3.72. The highest BCUT2D eigenvalue weighted by Gasteiger charge is 2.34. The van der Waals surface area contributed by atoms with E-state index in [1.807, 2.05) is 54.9 Å². The first kappa shape index (κ1) is 24.6. The van der Waals surface area contributed by atoms with Gasteiger partial charge in [-0.25, -0.2) is 19.6 Å². The molecule has 5 aromatic rings. The molecule has 0 bridgehead atoms. The Morgan fingerprint density at radius 3 is 2.70 bits per heavy atom. The minimum atomic E-state index is 0.0897. The van der Waals surface area contributed by atoms with Crippen molar-refractivity contribution in [3.8, 4) is 17.1 Å². The molecule has 10 nitrogen and oxygen atoms in total. The maximum atomic E-state index is 5.13. The highest BCUT2D eigenvalue weighted by molar-refractivity contribution is 5.93. The quantitative estimate of drug-likeness (QED) is 0.263. The van der Waals surface area contributed by atoms with Crippen molar-refractivity contribution in [1.82, 2.24) is 40.0 Å². The molecule has 5 heterocycles. The molecule has 40 heavy (non-hydrogen) atoms. The monoisotopic (exact) mass is 532 g/mol. The number of aromatic nitrogens is 7. The van der Waals surface area contributed by atoms with Crippen molar-refractivity contribution in [2.75, 3.05) is 23.7 Å². The molecule has 2 aliphatic rings. The van der Waals surface area contributed by atoms with E-state index in [2.05, 4.69) is 49.8 Å². The van der Waals surface area contributed by atoms with Crippen LogP contribution >= 0.6 is 0 Å². The average molecular weight is 533 g/mol. The Balaban J connectivity index is 1.24. The third kappa shape index (κ3) is 4.86. The molecule has 0 spiro atoms. The minimum Gasteiger partial charge on any atom is -0.366 e. The second-order valence-corrected chi connectivity index (χ2v) is 11.3. The fourth-order valence-corrected chi connectivity index (χ4v) is 5.43. The number of nitrogens with zero attached hydrogens (tertiary/aromatic N) is 7. The molecule has 0 unspecified atom stereocenters. The van der Waals surface area contributed by atoms with Crippen molar-refractivity contribution in [3.05, 3.63) is 72.9 Å². The fourth-order valence-electron chi connectivity index (χ4n) is 5.43. The summed E-state index contributed by atoms with van der Waals surface area (Å²) in [7, 11) is 0. The van der Waals surface area contributed by atoms with Crippen LogP contribution in [0.3, 0.4) is 0 Å². The zero-order valence-corrected chi connectivity index (χ0v) is 22.7. The molecule has 1 aromatic carbocycles. The molecule has 1 saturated carbocycles. The van der Waals surface area contributed by atoms with E-state index >= 15 is 0 Å². The third-order valence-corrected chi connectivity index (χ3v) is 7.87. The molecular weight excluding hydrogens is 500 g/mol. The SMILES string of the molecule is CC1(C)CNCC[C@@H]1Nc1nc(-c2ccnc(Nc3ncn(-c4ccccc4)n3)c2)nc2cncc(C3CC3)c12. The molecule has 3 N–H and O–H groups in total. The lowest BCUT2D eigenvalue weighted by Crippen LogP contribution is -2.49. The number of fused-ring (bicyclic) bond motifs is 1. The van der Waals surface area contributed by atoms with Crippen molar-refractivity contribution in [3.63, 3.8) is 0 Å². The van der Waals surface area contributed by atoms with Crippen molar-refractivity contribution in [2.24, 2.45) is 5.41 Å². The first-order chi connectivity index (χ1) is 19.5. The number of nitrogens with one attached hydrogen (secondary N) is 3. The number of anilines is 3. The van der Waals surface area contributed by atoms with Gasteiger partial charge in [-0.2, -0.15) is 4.98 Å². The Hall–Kier alpha value is -4.44. The van der Waals surface area contributed by atoms with E-state index in [0.717, 1.165) is 47.5 Å². The highest BCUT2D eigenvalue weighted by Crippen LogP contribution is 2.44. The molecule has 7 rings (SSSR count). The molecule has 0 radical (unpaired) electrons. The maximum Gasteiger partial charge on any atom is 0.248 e. The van der Waals surface area contributed by atoms with Crippen molar-refractivity contribution in [1.29, 1.82) is 0 Å². The first-order valence-corrected chi connectivity index (χ1v) is 13.9. The van der Waals surface area contributed by atoms with Gasteiger partial charge in [0.1, 0.15) is 18.0 Å². The van der Waals surface area contributed by atoms with E-state index in [0.29, 0.717) is 29.6 Å². The Kier molecular flexibility index (Phi) is 6.11. The van der Waals surface area contributed by atoms with Gasteiger partial charge in [-0.05, 0) is 67.0 Å². The minimum absolute atomic E-state index is 0.0897. The third-order valence-electron chi connectivity index (χ3n) is 7.87. The number of pyridine rings is 2. The maximum absolute atomic E-state index is 5.13. The second kappa shape index (κ2) is 9.95. The van der Waals surface area contributed by atoms with Crippen LogP contribution in [-0.2, 0) is 0 Å². The molecule has 10 heteroatoms. The molecule has 0 amide bonds. The Morgan fingerprint density at radius 1 is 1.00 bits per heavy atom. The summed E-state index contributed by atoms with van der Waals surface area (Å²) in [6, 6.07) is 14.0. The Labute approximate surface area is 232 Å². The number of hydrogen-bond donors (Lipinski definition) is 3. The lowest BCUT2D eigenvalue weighted by molar-refractivity contribution is 0.236. The van der Waals surface area contributed by atoms with Crippen LogP contribution in [0.1, 0.15) is 44.6 Å². The van der Waals surface area contributed by atoms with E-state index in [9.17, 15) is 0 Å². The molecule has 1 aliphatic carbocycles. The standard InChI is InChI=1S/C30H32N10/c1-30(2)17-31-12-11-24(30)36-28-26-22(19-8-9-19)15-32-16-23(26)35-27(38-28)20-10-13-33-25(14-20)37-29-34-18-40(39-29)21-6-4-3-5-7-21/h3-7,10,13-16,18-19,24,31H,8-9,11-12,17H2,1-2H3,(H,33,37,39)(H,35,36,38)/t24-/m0/s1. The van der Waals surface area contributed by atoms with Crippen LogP contribution < -0.4 is 16.0 Å². The fraction of sp³-hybridized carbons (Fsp3) is 0.333. The summed E-state index contributed by atoms with van der Waals surface area (Å²) in [6.07, 6.45) is 10.7. The molecule has 4 aromatic heterocycles. The van der Waals surface area contributed by atoms with Crippen LogP contribution in [0.2, 0.25) is 0 Å². The van der Waals surface area contributed by atoms with Gasteiger partial charge < -0.3 is 16.0 Å². The summed E-state index contributed by atoms with van der Waals surface area (Å²) in [6.45, 7) is 6.56. The molecule has 1 aliphatic heterocycles. The van der Waals surface area contributed by atoms with Crippen LogP contribution in [0, 0.1) is 5.41 Å². The summed E-state index contributed by atoms with van der Waals surface area (Å²) >= 11 is 0. The molecular formula is C30H32N10. The van der Waals surface area contributed by atoms with Crippen LogP contribution in [0.5, 0.6) is 0 Å². The van der Waals surface area contributed by atoms with Crippen LogP contribution in [-0.4, -0.2) is 53.8 Å². The van der Waals surface area contributed by atoms with Crippen LogP contribution in [0.15, 0.2) is 67.4 Å². The highest BCUT2D eigenvalue weighted by atomic mass is 15.4. The topological polar surface area (TPSA) is 118 Å². The predicted octanol–water partition coefficient (Wildman–Crippen LogP) is 5.09. The number of para-hydroxylation sites is 1. The smallest absolute Gasteiger partial charge is 0.248 e. The van der Waals surface area contributed by atoms with Gasteiger partial charge in [-0.3, -0.25) is 4.98 Å². The molecule has 1 saturated heterocycles. The molecule has 2 fully saturated rings. The van der Waals surface area contributed by atoms with Gasteiger partial charge in [0, 0.05) is 35.9 Å². The summed E-state index contributed by atoms with van der Waals surface area (Å²) < 4.78 is 1.73. The zero-order chi connectivity index (χ0) is 27.1. The van der Waals surface area contributed by atoms with Gasteiger partial charge in [-0.15, -0.1) is 5.10 Å². The summed E-state index contributed by atoms with van der Waals surface area (Å²) in [5.41, 5.74) is 3.98. The summed E-state index contributed by atoms with van der Waals surface area (Å²) in [5.74, 6) is 3.13. The lowest BCUT2D eigenvalue weighted by Gasteiger charge is -2.40. The van der Waals surface area contributed by atoms with Gasteiger partial charge in [0.25, 0.3) is 0 Å². The number of benzene rings is 1. The summed E-state index contributed by atoms with van der Waals surface area (Å²) in [4.78, 5) is 23.6. The molecule has 202 valence electrons. The van der Waals surface area contributed by atoms with Crippen LogP contribution in [0.4, 0.5) is 17.6 Å². The van der Waals surface area contributed by atoms with E-state index in [1.165, 1.54) is 18.4 Å². The van der Waals surface area contributed by atoms with Gasteiger partial charge in [0.15, 0.2) is 5.82 Å². The van der Waals surface area contributed by atoms with Gasteiger partial charge in [0.2, 0.25) is 5.95 Å². The van der Waals surface area contributed by atoms with E-state index in [4.69, 9.17) is 9.97 Å². The summed E-state index contributed by atoms with van der Waals surface area (Å²) in [5, 5.41) is 16.2. The normalized spacial score (nSPS) is 18.5. The van der Waals surface area contributed by atoms with Crippen LogP contribution in [0.25, 0.3) is 28.0 Å². The molecule has 1 atom stereocenters. The van der Waals surface area contributed by atoms with Crippen molar-refractivity contribution < 1.29 is 0 Å². The second-order valence-electron chi connectivity index (χ2n) is 11.3. The number of piperidine rings is 1. The van der Waals surface area contributed by atoms with E-state index < -0.39 is 0 Å². The van der Waals surface area contributed by atoms with Gasteiger partial charge >= 0.3 is 0 Å². The van der Waals surface area contributed by atoms with Crippen molar-refractivity contribution in [2.45, 2.75) is 45.1 Å².